The smallest absolute Gasteiger partial charge is 0.277 e. The third kappa shape index (κ3) is 2.11. The minimum absolute atomic E-state index is 0.208. The molecule has 1 heterocycles. The number of amides is 1. The lowest BCUT2D eigenvalue weighted by molar-refractivity contribution is 0.102. The molecule has 0 saturated carbocycles. The number of rotatable bonds is 3. The summed E-state index contributed by atoms with van der Waals surface area (Å²) in [7, 11) is 0. The van der Waals surface area contributed by atoms with Crippen LogP contribution in [0.3, 0.4) is 0 Å². The molecule has 80 valence electrons. The molecular formula is C10H8N4O2. The summed E-state index contributed by atoms with van der Waals surface area (Å²) in [5.41, 5.74) is 1.36. The lowest BCUT2D eigenvalue weighted by Crippen LogP contribution is -2.12. The van der Waals surface area contributed by atoms with Gasteiger partial charge in [0, 0.05) is 11.3 Å². The Labute approximate surface area is 90.7 Å². The van der Waals surface area contributed by atoms with Gasteiger partial charge in [-0.25, -0.2) is 0 Å². The van der Waals surface area contributed by atoms with Gasteiger partial charge >= 0.3 is 0 Å². The molecule has 0 atom stereocenters. The second-order valence-corrected chi connectivity index (χ2v) is 3.05. The van der Waals surface area contributed by atoms with Crippen molar-refractivity contribution in [3.63, 3.8) is 0 Å². The molecule has 0 aliphatic heterocycles. The number of H-pyrrole nitrogens is 1. The third-order valence-electron chi connectivity index (χ3n) is 1.95. The maximum atomic E-state index is 11.5. The first-order chi connectivity index (χ1) is 7.79. The first kappa shape index (κ1) is 10.0. The molecule has 0 fully saturated rings. The van der Waals surface area contributed by atoms with Crippen LogP contribution in [0.1, 0.15) is 20.8 Å². The first-order valence-corrected chi connectivity index (χ1v) is 4.52. The molecule has 0 bridgehead atoms. The fraction of sp³-hybridized carbons (Fsp3) is 0. The number of anilines is 1. The van der Waals surface area contributed by atoms with Crippen LogP contribution in [0.5, 0.6) is 0 Å². The minimum Gasteiger partial charge on any atom is -0.321 e. The van der Waals surface area contributed by atoms with E-state index in [1.807, 2.05) is 0 Å². The molecule has 0 radical (unpaired) electrons. The number of aldehydes is 1. The topological polar surface area (TPSA) is 87.7 Å². The summed E-state index contributed by atoms with van der Waals surface area (Å²) in [6.07, 6.45) is 2.07. The van der Waals surface area contributed by atoms with Crippen LogP contribution in [0.2, 0.25) is 0 Å². The highest BCUT2D eigenvalue weighted by molar-refractivity contribution is 6.02. The van der Waals surface area contributed by atoms with E-state index < -0.39 is 0 Å². The van der Waals surface area contributed by atoms with Gasteiger partial charge in [-0.3, -0.25) is 9.59 Å². The van der Waals surface area contributed by atoms with Crippen LogP contribution in [0.15, 0.2) is 30.5 Å². The van der Waals surface area contributed by atoms with Crippen molar-refractivity contribution in [2.75, 3.05) is 5.32 Å². The third-order valence-corrected chi connectivity index (χ3v) is 1.95. The highest BCUT2D eigenvalue weighted by Crippen LogP contribution is 2.09. The Hall–Kier alpha value is -2.50. The van der Waals surface area contributed by atoms with Gasteiger partial charge in [0.1, 0.15) is 6.29 Å². The first-order valence-electron chi connectivity index (χ1n) is 4.52. The van der Waals surface area contributed by atoms with Gasteiger partial charge in [0.05, 0.1) is 6.20 Å². The molecule has 1 aromatic heterocycles. The zero-order valence-electron chi connectivity index (χ0n) is 8.18. The number of carbonyl (C=O) groups is 2. The molecule has 0 saturated heterocycles. The van der Waals surface area contributed by atoms with Crippen molar-refractivity contribution < 1.29 is 9.59 Å². The van der Waals surface area contributed by atoms with Crippen molar-refractivity contribution in [2.24, 2.45) is 0 Å². The minimum atomic E-state index is -0.354. The molecule has 16 heavy (non-hydrogen) atoms. The average molecular weight is 216 g/mol. The predicted molar refractivity (Wildman–Crippen MR) is 56.2 cm³/mol. The Bertz CT molecular complexity index is 490. The predicted octanol–water partition coefficient (Wildman–Crippen LogP) is 0.869. The summed E-state index contributed by atoms with van der Waals surface area (Å²) in [5.74, 6) is -0.354. The highest BCUT2D eigenvalue weighted by Gasteiger charge is 2.08. The van der Waals surface area contributed by atoms with E-state index in [9.17, 15) is 9.59 Å². The van der Waals surface area contributed by atoms with E-state index in [2.05, 4.69) is 20.7 Å². The van der Waals surface area contributed by atoms with Gasteiger partial charge in [-0.05, 0) is 24.3 Å². The summed E-state index contributed by atoms with van der Waals surface area (Å²) in [4.78, 5) is 21.9. The second-order valence-electron chi connectivity index (χ2n) is 3.05. The van der Waals surface area contributed by atoms with Gasteiger partial charge in [-0.2, -0.15) is 15.4 Å². The Morgan fingerprint density at radius 3 is 2.62 bits per heavy atom. The van der Waals surface area contributed by atoms with Crippen molar-refractivity contribution in [3.8, 4) is 0 Å². The van der Waals surface area contributed by atoms with Crippen molar-refractivity contribution in [1.82, 2.24) is 15.4 Å². The van der Waals surface area contributed by atoms with Gasteiger partial charge in [0.15, 0.2) is 5.69 Å². The molecule has 6 heteroatoms. The number of hydrogen-bond acceptors (Lipinski definition) is 4. The Morgan fingerprint density at radius 2 is 2.06 bits per heavy atom. The normalized spacial score (nSPS) is 9.75. The zero-order valence-corrected chi connectivity index (χ0v) is 8.18. The molecule has 0 aliphatic carbocycles. The second kappa shape index (κ2) is 4.35. The van der Waals surface area contributed by atoms with E-state index in [0.29, 0.717) is 11.3 Å². The molecule has 0 unspecified atom stereocenters. The number of aromatic nitrogens is 3. The summed E-state index contributed by atoms with van der Waals surface area (Å²) >= 11 is 0. The number of nitrogens with zero attached hydrogens (tertiary/aromatic N) is 2. The van der Waals surface area contributed by atoms with Crippen LogP contribution in [0.25, 0.3) is 0 Å². The molecule has 0 spiro atoms. The van der Waals surface area contributed by atoms with E-state index in [4.69, 9.17) is 0 Å². The van der Waals surface area contributed by atoms with E-state index in [1.54, 1.807) is 24.3 Å². The monoisotopic (exact) mass is 216 g/mol. The van der Waals surface area contributed by atoms with E-state index in [0.717, 1.165) is 6.29 Å². The standard InChI is InChI=1S/C10H8N4O2/c15-6-7-1-3-8(4-2-7)12-10(16)9-5-11-14-13-9/h1-6H,(H,12,16)(H,11,13,14). The number of benzene rings is 1. The summed E-state index contributed by atoms with van der Waals surface area (Å²) in [6.45, 7) is 0. The molecule has 2 aromatic rings. The van der Waals surface area contributed by atoms with Crippen molar-refractivity contribution in [2.45, 2.75) is 0 Å². The van der Waals surface area contributed by atoms with Crippen LogP contribution in [0, 0.1) is 0 Å². The van der Waals surface area contributed by atoms with Gasteiger partial charge in [-0.1, -0.05) is 0 Å². The van der Waals surface area contributed by atoms with Crippen LogP contribution in [0.4, 0.5) is 5.69 Å². The van der Waals surface area contributed by atoms with E-state index in [1.165, 1.54) is 6.20 Å². The van der Waals surface area contributed by atoms with Crippen LogP contribution in [-0.4, -0.2) is 27.6 Å². The van der Waals surface area contributed by atoms with Crippen molar-refractivity contribution in [3.05, 3.63) is 41.7 Å². The van der Waals surface area contributed by atoms with Crippen molar-refractivity contribution in [1.29, 1.82) is 0 Å². The largest absolute Gasteiger partial charge is 0.321 e. The van der Waals surface area contributed by atoms with Gasteiger partial charge in [0.25, 0.3) is 5.91 Å². The molecular weight excluding hydrogens is 208 g/mol. The Morgan fingerprint density at radius 1 is 1.31 bits per heavy atom. The summed E-state index contributed by atoms with van der Waals surface area (Å²) in [5, 5.41) is 12.1. The maximum Gasteiger partial charge on any atom is 0.277 e. The molecule has 2 rings (SSSR count). The molecule has 0 aliphatic rings. The van der Waals surface area contributed by atoms with E-state index in [-0.39, 0.29) is 11.6 Å². The fourth-order valence-corrected chi connectivity index (χ4v) is 1.15. The number of hydrogen-bond donors (Lipinski definition) is 2. The lowest BCUT2D eigenvalue weighted by atomic mass is 10.2. The number of carbonyl (C=O) groups excluding carboxylic acids is 2. The van der Waals surface area contributed by atoms with Crippen LogP contribution >= 0.6 is 0 Å². The lowest BCUT2D eigenvalue weighted by Gasteiger charge is -2.02. The van der Waals surface area contributed by atoms with Crippen LogP contribution < -0.4 is 5.32 Å². The SMILES string of the molecule is O=Cc1ccc(NC(=O)c2cn[nH]n2)cc1. The van der Waals surface area contributed by atoms with Crippen molar-refractivity contribution >= 4 is 17.9 Å². The number of nitrogens with one attached hydrogen (secondary N) is 2. The maximum absolute atomic E-state index is 11.5. The Balaban J connectivity index is 2.09. The van der Waals surface area contributed by atoms with Gasteiger partial charge in [0.2, 0.25) is 0 Å². The highest BCUT2D eigenvalue weighted by atomic mass is 16.2. The quantitative estimate of drug-likeness (QED) is 0.745. The average Bonchev–Trinajstić information content (AvgIpc) is 2.83. The molecule has 1 aromatic carbocycles. The number of aromatic amines is 1. The summed E-state index contributed by atoms with van der Waals surface area (Å²) in [6, 6.07) is 6.51. The summed E-state index contributed by atoms with van der Waals surface area (Å²) < 4.78 is 0. The molecule has 2 N–H and O–H groups in total. The Kier molecular flexibility index (Phi) is 2.73. The van der Waals surface area contributed by atoms with Crippen LogP contribution in [-0.2, 0) is 0 Å². The van der Waals surface area contributed by atoms with E-state index >= 15 is 0 Å². The zero-order chi connectivity index (χ0) is 11.4. The fourth-order valence-electron chi connectivity index (χ4n) is 1.15. The molecule has 1 amide bonds. The van der Waals surface area contributed by atoms with Gasteiger partial charge < -0.3 is 5.32 Å². The molecule has 6 nitrogen and oxygen atoms in total. The van der Waals surface area contributed by atoms with Gasteiger partial charge in [-0.15, -0.1) is 0 Å².